The summed E-state index contributed by atoms with van der Waals surface area (Å²) in [6, 6.07) is 0. The topological polar surface area (TPSA) is 42.9 Å². The van der Waals surface area contributed by atoms with E-state index in [9.17, 15) is 4.79 Å². The molecule has 3 nitrogen and oxygen atoms in total. The van der Waals surface area contributed by atoms with Gasteiger partial charge in [-0.25, -0.2) is 0 Å². The Morgan fingerprint density at radius 2 is 2.44 bits per heavy atom. The van der Waals surface area contributed by atoms with Gasteiger partial charge in [-0.2, -0.15) is 0 Å². The molecule has 0 fully saturated rings. The maximum atomic E-state index is 10.6. The highest BCUT2D eigenvalue weighted by molar-refractivity contribution is 9.11. The number of rotatable bonds is 1. The molecule has 0 bridgehead atoms. The summed E-state index contributed by atoms with van der Waals surface area (Å²) in [5.74, 6) is -0.0596. The van der Waals surface area contributed by atoms with Crippen LogP contribution in [0.1, 0.15) is 17.4 Å². The first-order chi connectivity index (χ1) is 4.22. The summed E-state index contributed by atoms with van der Waals surface area (Å²) in [5, 5.41) is 3.59. The van der Waals surface area contributed by atoms with Gasteiger partial charge in [0.15, 0.2) is 11.5 Å². The summed E-state index contributed by atoms with van der Waals surface area (Å²) in [7, 11) is 0. The molecule has 5 heteroatoms. The third-order valence-corrected chi connectivity index (χ3v) is 2.11. The molecule has 0 amide bonds. The van der Waals surface area contributed by atoms with Gasteiger partial charge in [0.2, 0.25) is 0 Å². The zero-order chi connectivity index (χ0) is 6.85. The second kappa shape index (κ2) is 2.53. The van der Waals surface area contributed by atoms with Gasteiger partial charge in [0.05, 0.1) is 0 Å². The quantitative estimate of drug-likeness (QED) is 0.655. The first kappa shape index (κ1) is 6.82. The van der Waals surface area contributed by atoms with Gasteiger partial charge < -0.3 is 0 Å². The van der Waals surface area contributed by atoms with Crippen molar-refractivity contribution in [1.82, 2.24) is 9.59 Å². The van der Waals surface area contributed by atoms with E-state index in [4.69, 9.17) is 0 Å². The average molecular weight is 207 g/mol. The Balaban J connectivity index is 3.08. The molecule has 0 radical (unpaired) electrons. The molecular formula is C4H3BrN2OS. The fourth-order valence-electron chi connectivity index (χ4n) is 0.388. The van der Waals surface area contributed by atoms with Crippen molar-refractivity contribution in [3.63, 3.8) is 0 Å². The standard InChI is InChI=1S/C4H3BrN2OS/c1-2(8)3-4(5)9-7-6-3/h1H3. The maximum absolute atomic E-state index is 10.6. The van der Waals surface area contributed by atoms with Crippen molar-refractivity contribution < 1.29 is 4.79 Å². The van der Waals surface area contributed by atoms with Gasteiger partial charge in [0.25, 0.3) is 0 Å². The third kappa shape index (κ3) is 1.34. The molecule has 0 saturated heterocycles. The highest BCUT2D eigenvalue weighted by Crippen LogP contribution is 2.17. The van der Waals surface area contributed by atoms with Crippen LogP contribution in [0.5, 0.6) is 0 Å². The van der Waals surface area contributed by atoms with Crippen molar-refractivity contribution in [3.05, 3.63) is 9.48 Å². The minimum atomic E-state index is -0.0596. The van der Waals surface area contributed by atoms with Crippen LogP contribution >= 0.6 is 27.5 Å². The van der Waals surface area contributed by atoms with Crippen LogP contribution < -0.4 is 0 Å². The van der Waals surface area contributed by atoms with Gasteiger partial charge in [-0.05, 0) is 27.5 Å². The molecular weight excluding hydrogens is 204 g/mol. The highest BCUT2D eigenvalue weighted by atomic mass is 79.9. The van der Waals surface area contributed by atoms with Gasteiger partial charge >= 0.3 is 0 Å². The van der Waals surface area contributed by atoms with Crippen LogP contribution in [0.4, 0.5) is 0 Å². The van der Waals surface area contributed by atoms with Crippen LogP contribution in [0.15, 0.2) is 3.79 Å². The molecule has 1 aromatic rings. The molecule has 0 aliphatic carbocycles. The highest BCUT2D eigenvalue weighted by Gasteiger charge is 2.07. The number of hydrogen-bond donors (Lipinski definition) is 0. The third-order valence-electron chi connectivity index (χ3n) is 0.781. The first-order valence-corrected chi connectivity index (χ1v) is 3.77. The number of Topliss-reactive ketones (excluding diaryl/α,β-unsaturated/α-hetero) is 1. The monoisotopic (exact) mass is 206 g/mol. The van der Waals surface area contributed by atoms with Crippen molar-refractivity contribution >= 4 is 33.2 Å². The lowest BCUT2D eigenvalue weighted by molar-refractivity contribution is 0.101. The van der Waals surface area contributed by atoms with Crippen molar-refractivity contribution in [1.29, 1.82) is 0 Å². The largest absolute Gasteiger partial charge is 0.293 e. The summed E-state index contributed by atoms with van der Waals surface area (Å²) in [4.78, 5) is 10.6. The smallest absolute Gasteiger partial charge is 0.182 e. The van der Waals surface area contributed by atoms with Gasteiger partial charge in [-0.1, -0.05) is 4.49 Å². The predicted octanol–water partition coefficient (Wildman–Crippen LogP) is 1.50. The Labute approximate surface area is 64.4 Å². The molecule has 0 N–H and O–H groups in total. The number of aromatic nitrogens is 2. The normalized spacial score (nSPS) is 9.56. The van der Waals surface area contributed by atoms with E-state index < -0.39 is 0 Å². The van der Waals surface area contributed by atoms with E-state index in [1.807, 2.05) is 0 Å². The van der Waals surface area contributed by atoms with Crippen molar-refractivity contribution in [2.24, 2.45) is 0 Å². The van der Waals surface area contributed by atoms with Gasteiger partial charge in [-0.3, -0.25) is 4.79 Å². The molecule has 0 atom stereocenters. The van der Waals surface area contributed by atoms with Crippen LogP contribution in [-0.2, 0) is 0 Å². The van der Waals surface area contributed by atoms with Crippen molar-refractivity contribution in [2.45, 2.75) is 6.92 Å². The fraction of sp³-hybridized carbons (Fsp3) is 0.250. The first-order valence-electron chi connectivity index (χ1n) is 2.20. The summed E-state index contributed by atoms with van der Waals surface area (Å²) in [5.41, 5.74) is 0.417. The molecule has 1 rings (SSSR count). The molecule has 0 spiro atoms. The number of carbonyl (C=O) groups is 1. The summed E-state index contributed by atoms with van der Waals surface area (Å²) < 4.78 is 4.27. The van der Waals surface area contributed by atoms with E-state index in [-0.39, 0.29) is 5.78 Å². The lowest BCUT2D eigenvalue weighted by Crippen LogP contribution is -1.92. The zero-order valence-electron chi connectivity index (χ0n) is 4.59. The number of halogens is 1. The second-order valence-electron chi connectivity index (χ2n) is 1.45. The Hall–Kier alpha value is -0.290. The molecule has 0 aliphatic heterocycles. The average Bonchev–Trinajstić information content (AvgIpc) is 2.13. The molecule has 48 valence electrons. The van der Waals surface area contributed by atoms with E-state index in [1.54, 1.807) is 0 Å². The minimum absolute atomic E-state index is 0.0596. The number of ketones is 1. The molecule has 1 heterocycles. The molecule has 0 unspecified atom stereocenters. The van der Waals surface area contributed by atoms with Crippen LogP contribution in [0.25, 0.3) is 0 Å². The van der Waals surface area contributed by atoms with Crippen LogP contribution in [0.2, 0.25) is 0 Å². The number of hydrogen-bond acceptors (Lipinski definition) is 4. The van der Waals surface area contributed by atoms with E-state index in [2.05, 4.69) is 25.5 Å². The van der Waals surface area contributed by atoms with Crippen molar-refractivity contribution in [3.8, 4) is 0 Å². The number of nitrogens with zero attached hydrogens (tertiary/aromatic N) is 2. The summed E-state index contributed by atoms with van der Waals surface area (Å²) in [6.07, 6.45) is 0. The second-order valence-corrected chi connectivity index (χ2v) is 3.52. The van der Waals surface area contributed by atoms with Gasteiger partial charge in [0.1, 0.15) is 3.79 Å². The molecule has 0 aliphatic rings. The summed E-state index contributed by atoms with van der Waals surface area (Å²) in [6.45, 7) is 1.46. The van der Waals surface area contributed by atoms with Crippen LogP contribution in [-0.4, -0.2) is 15.4 Å². The molecule has 1 aromatic heterocycles. The lowest BCUT2D eigenvalue weighted by Gasteiger charge is -1.81. The van der Waals surface area contributed by atoms with E-state index in [1.165, 1.54) is 18.5 Å². The van der Waals surface area contributed by atoms with Gasteiger partial charge in [0, 0.05) is 6.92 Å². The summed E-state index contributed by atoms with van der Waals surface area (Å²) >= 11 is 4.31. The van der Waals surface area contributed by atoms with Crippen molar-refractivity contribution in [2.75, 3.05) is 0 Å². The predicted molar refractivity (Wildman–Crippen MR) is 37.6 cm³/mol. The van der Waals surface area contributed by atoms with E-state index in [0.717, 1.165) is 0 Å². The van der Waals surface area contributed by atoms with E-state index >= 15 is 0 Å². The lowest BCUT2D eigenvalue weighted by atomic mass is 10.4. The minimum Gasteiger partial charge on any atom is -0.293 e. The number of carbonyl (C=O) groups excluding carboxylic acids is 1. The molecule has 0 saturated carbocycles. The Morgan fingerprint density at radius 1 is 1.78 bits per heavy atom. The zero-order valence-corrected chi connectivity index (χ0v) is 6.99. The Kier molecular flexibility index (Phi) is 1.92. The maximum Gasteiger partial charge on any atom is 0.182 e. The Morgan fingerprint density at radius 3 is 2.67 bits per heavy atom. The fourth-order valence-corrected chi connectivity index (χ4v) is 1.41. The Bertz CT molecular complexity index is 234. The van der Waals surface area contributed by atoms with Gasteiger partial charge in [-0.15, -0.1) is 5.10 Å². The van der Waals surface area contributed by atoms with Crippen LogP contribution in [0.3, 0.4) is 0 Å². The molecule has 9 heavy (non-hydrogen) atoms. The van der Waals surface area contributed by atoms with Crippen LogP contribution in [0, 0.1) is 0 Å². The SMILES string of the molecule is CC(=O)c1nnsc1Br. The molecule has 0 aromatic carbocycles. The van der Waals surface area contributed by atoms with E-state index in [0.29, 0.717) is 9.48 Å².